The number of nitrogens with two attached hydrogens (primary N) is 1. The average molecular weight is 249 g/mol. The Hall–Kier alpha value is -0.220. The van der Waals surface area contributed by atoms with Gasteiger partial charge in [-0.05, 0) is 43.4 Å². The summed E-state index contributed by atoms with van der Waals surface area (Å²) in [6, 6.07) is 0.0953. The lowest BCUT2D eigenvalue weighted by molar-refractivity contribution is 0.0126. The molecular weight excluding hydrogens is 224 g/mol. The van der Waals surface area contributed by atoms with Crippen molar-refractivity contribution in [2.75, 3.05) is 13.2 Å². The van der Waals surface area contributed by atoms with E-state index in [0.717, 1.165) is 11.8 Å². The second-order valence-electron chi connectivity index (χ2n) is 5.60. The van der Waals surface area contributed by atoms with Crippen molar-refractivity contribution in [1.82, 2.24) is 0 Å². The van der Waals surface area contributed by atoms with E-state index in [1.807, 2.05) is 0 Å². The third-order valence-corrected chi connectivity index (χ3v) is 3.66. The molecule has 0 aliphatic heterocycles. The van der Waals surface area contributed by atoms with Crippen LogP contribution in [0.4, 0.5) is 8.78 Å². The van der Waals surface area contributed by atoms with Gasteiger partial charge in [0.25, 0.3) is 6.43 Å². The molecule has 1 fully saturated rings. The zero-order valence-corrected chi connectivity index (χ0v) is 10.9. The van der Waals surface area contributed by atoms with Crippen molar-refractivity contribution in [2.24, 2.45) is 23.5 Å². The summed E-state index contributed by atoms with van der Waals surface area (Å²) in [4.78, 5) is 0. The molecule has 17 heavy (non-hydrogen) atoms. The maximum Gasteiger partial charge on any atom is 0.261 e. The molecule has 3 unspecified atom stereocenters. The third-order valence-electron chi connectivity index (χ3n) is 3.66. The highest BCUT2D eigenvalue weighted by Crippen LogP contribution is 2.34. The van der Waals surface area contributed by atoms with Crippen LogP contribution in [-0.2, 0) is 4.74 Å². The van der Waals surface area contributed by atoms with Gasteiger partial charge in [-0.15, -0.1) is 0 Å². The van der Waals surface area contributed by atoms with Crippen LogP contribution in [0.5, 0.6) is 0 Å². The number of alkyl halides is 2. The van der Waals surface area contributed by atoms with Crippen molar-refractivity contribution in [3.63, 3.8) is 0 Å². The van der Waals surface area contributed by atoms with Crippen LogP contribution in [0.1, 0.15) is 39.5 Å². The number of rotatable bonds is 6. The molecule has 3 atom stereocenters. The van der Waals surface area contributed by atoms with E-state index in [4.69, 9.17) is 10.5 Å². The summed E-state index contributed by atoms with van der Waals surface area (Å²) in [6.07, 6.45) is 1.93. The molecule has 0 radical (unpaired) electrons. The van der Waals surface area contributed by atoms with Gasteiger partial charge in [-0.3, -0.25) is 0 Å². The minimum absolute atomic E-state index is 0.0953. The normalized spacial score (nSPS) is 31.8. The van der Waals surface area contributed by atoms with Crippen LogP contribution in [0.25, 0.3) is 0 Å². The quantitative estimate of drug-likeness (QED) is 0.734. The molecule has 1 rings (SSSR count). The highest BCUT2D eigenvalue weighted by atomic mass is 19.3. The molecule has 4 heteroatoms. The zero-order chi connectivity index (χ0) is 12.8. The standard InChI is InChI=1S/C13H25F2NO/c1-9-5-10(2)7-11(6-9)12(16)3-4-17-8-13(14)15/h9-13H,3-8,16H2,1-2H3. The van der Waals surface area contributed by atoms with Crippen LogP contribution in [0, 0.1) is 17.8 Å². The van der Waals surface area contributed by atoms with Gasteiger partial charge in [0.2, 0.25) is 0 Å². The van der Waals surface area contributed by atoms with Gasteiger partial charge in [0.05, 0.1) is 0 Å². The Morgan fingerprint density at radius 3 is 2.29 bits per heavy atom. The summed E-state index contributed by atoms with van der Waals surface area (Å²) in [5, 5.41) is 0. The maximum atomic E-state index is 11.9. The van der Waals surface area contributed by atoms with Crippen LogP contribution in [0.15, 0.2) is 0 Å². The first kappa shape index (κ1) is 14.8. The molecule has 1 saturated carbocycles. The van der Waals surface area contributed by atoms with Crippen molar-refractivity contribution >= 4 is 0 Å². The smallest absolute Gasteiger partial charge is 0.261 e. The van der Waals surface area contributed by atoms with Crippen LogP contribution < -0.4 is 5.73 Å². The average Bonchev–Trinajstić information content (AvgIpc) is 2.22. The fourth-order valence-corrected chi connectivity index (χ4v) is 2.99. The van der Waals surface area contributed by atoms with Crippen molar-refractivity contribution in [3.8, 4) is 0 Å². The molecule has 0 aromatic rings. The lowest BCUT2D eigenvalue weighted by Crippen LogP contribution is -2.36. The molecule has 0 aromatic heterocycles. The van der Waals surface area contributed by atoms with Gasteiger partial charge in [-0.2, -0.15) is 0 Å². The number of hydrogen-bond donors (Lipinski definition) is 1. The van der Waals surface area contributed by atoms with E-state index in [0.29, 0.717) is 18.9 Å². The Morgan fingerprint density at radius 2 is 1.76 bits per heavy atom. The van der Waals surface area contributed by atoms with E-state index < -0.39 is 13.0 Å². The lowest BCUT2D eigenvalue weighted by Gasteiger charge is -2.35. The Morgan fingerprint density at radius 1 is 1.18 bits per heavy atom. The van der Waals surface area contributed by atoms with E-state index in [1.54, 1.807) is 0 Å². The summed E-state index contributed by atoms with van der Waals surface area (Å²) in [6.45, 7) is 4.42. The topological polar surface area (TPSA) is 35.2 Å². The highest BCUT2D eigenvalue weighted by molar-refractivity contribution is 4.81. The molecule has 0 saturated heterocycles. The van der Waals surface area contributed by atoms with Gasteiger partial charge >= 0.3 is 0 Å². The minimum Gasteiger partial charge on any atom is -0.375 e. The second kappa shape index (κ2) is 7.27. The van der Waals surface area contributed by atoms with Gasteiger partial charge < -0.3 is 10.5 Å². The van der Waals surface area contributed by atoms with E-state index in [-0.39, 0.29) is 6.04 Å². The van der Waals surface area contributed by atoms with E-state index in [2.05, 4.69) is 13.8 Å². The lowest BCUT2D eigenvalue weighted by atomic mass is 9.73. The summed E-state index contributed by atoms with van der Waals surface area (Å²) in [5.74, 6) is 2.00. The molecule has 0 bridgehead atoms. The highest BCUT2D eigenvalue weighted by Gasteiger charge is 2.27. The molecule has 2 nitrogen and oxygen atoms in total. The van der Waals surface area contributed by atoms with Crippen molar-refractivity contribution in [3.05, 3.63) is 0 Å². The minimum atomic E-state index is -2.37. The third kappa shape index (κ3) is 5.77. The molecular formula is C13H25F2NO. The Balaban J connectivity index is 2.20. The fourth-order valence-electron chi connectivity index (χ4n) is 2.99. The number of halogens is 2. The largest absolute Gasteiger partial charge is 0.375 e. The van der Waals surface area contributed by atoms with Gasteiger partial charge in [-0.1, -0.05) is 13.8 Å². The Kier molecular flexibility index (Phi) is 6.34. The molecule has 0 spiro atoms. The van der Waals surface area contributed by atoms with Gasteiger partial charge in [0.15, 0.2) is 0 Å². The molecule has 1 aliphatic carbocycles. The van der Waals surface area contributed by atoms with Crippen LogP contribution in [-0.4, -0.2) is 25.7 Å². The summed E-state index contributed by atoms with van der Waals surface area (Å²) >= 11 is 0. The van der Waals surface area contributed by atoms with E-state index in [9.17, 15) is 8.78 Å². The van der Waals surface area contributed by atoms with Gasteiger partial charge in [-0.25, -0.2) is 8.78 Å². The zero-order valence-electron chi connectivity index (χ0n) is 10.9. The van der Waals surface area contributed by atoms with Crippen LogP contribution >= 0.6 is 0 Å². The molecule has 0 heterocycles. The predicted molar refractivity (Wildman–Crippen MR) is 65.1 cm³/mol. The molecule has 1 aliphatic rings. The van der Waals surface area contributed by atoms with Crippen molar-refractivity contribution < 1.29 is 13.5 Å². The molecule has 102 valence electrons. The van der Waals surface area contributed by atoms with Crippen molar-refractivity contribution in [1.29, 1.82) is 0 Å². The predicted octanol–water partition coefficient (Wildman–Crippen LogP) is 3.06. The van der Waals surface area contributed by atoms with Gasteiger partial charge in [0, 0.05) is 12.6 Å². The molecule has 0 amide bonds. The van der Waals surface area contributed by atoms with Crippen molar-refractivity contribution in [2.45, 2.75) is 52.0 Å². The SMILES string of the molecule is CC1CC(C)CC(C(N)CCOCC(F)F)C1. The van der Waals surface area contributed by atoms with Gasteiger partial charge in [0.1, 0.15) is 6.61 Å². The molecule has 0 aromatic carbocycles. The first-order valence-electron chi connectivity index (χ1n) is 6.60. The maximum absolute atomic E-state index is 11.9. The summed E-state index contributed by atoms with van der Waals surface area (Å²) < 4.78 is 28.6. The van der Waals surface area contributed by atoms with Crippen LogP contribution in [0.2, 0.25) is 0 Å². The van der Waals surface area contributed by atoms with E-state index in [1.165, 1.54) is 19.3 Å². The fraction of sp³-hybridized carbons (Fsp3) is 1.00. The molecule has 2 N–H and O–H groups in total. The Labute approximate surface area is 103 Å². The first-order chi connectivity index (χ1) is 7.99. The first-order valence-corrected chi connectivity index (χ1v) is 6.60. The number of hydrogen-bond acceptors (Lipinski definition) is 2. The summed E-state index contributed by atoms with van der Waals surface area (Å²) in [5.41, 5.74) is 6.12. The number of ether oxygens (including phenoxy) is 1. The Bertz CT molecular complexity index is 204. The summed E-state index contributed by atoms with van der Waals surface area (Å²) in [7, 11) is 0. The van der Waals surface area contributed by atoms with Crippen LogP contribution in [0.3, 0.4) is 0 Å². The monoisotopic (exact) mass is 249 g/mol. The second-order valence-corrected chi connectivity index (χ2v) is 5.60. The van der Waals surface area contributed by atoms with E-state index >= 15 is 0 Å².